The van der Waals surface area contributed by atoms with Crippen LogP contribution < -0.4 is 0 Å². The van der Waals surface area contributed by atoms with Crippen molar-refractivity contribution in [2.24, 2.45) is 0 Å². The molecular weight excluding hydrogens is 396 g/mol. The fourth-order valence-electron chi connectivity index (χ4n) is 4.09. The number of hydrogen-bond acceptors (Lipinski definition) is 3. The number of fused-ring (bicyclic) bond motifs is 2. The van der Waals surface area contributed by atoms with Gasteiger partial charge >= 0.3 is 6.09 Å². The molecule has 0 aliphatic rings. The number of hydrogen-bond donors (Lipinski definition) is 0. The van der Waals surface area contributed by atoms with Crippen LogP contribution in [0, 0.1) is 0 Å². The second-order valence-electron chi connectivity index (χ2n) is 8.87. The van der Waals surface area contributed by atoms with E-state index in [4.69, 9.17) is 9.72 Å². The van der Waals surface area contributed by atoms with Gasteiger partial charge in [0.05, 0.1) is 11.2 Å². The van der Waals surface area contributed by atoms with Gasteiger partial charge in [0.15, 0.2) is 0 Å². The molecule has 0 fully saturated rings. The van der Waals surface area contributed by atoms with Gasteiger partial charge in [-0.25, -0.2) is 4.79 Å². The first-order chi connectivity index (χ1) is 15.4. The average Bonchev–Trinajstić information content (AvgIpc) is 3.27. The maximum atomic E-state index is 12.8. The molecule has 0 aliphatic carbocycles. The van der Waals surface area contributed by atoms with E-state index in [0.29, 0.717) is 0 Å². The highest BCUT2D eigenvalue weighted by Crippen LogP contribution is 2.36. The first-order valence-corrected chi connectivity index (χ1v) is 10.7. The van der Waals surface area contributed by atoms with Gasteiger partial charge in [0.2, 0.25) is 0 Å². The minimum Gasteiger partial charge on any atom is -0.443 e. The van der Waals surface area contributed by atoms with Crippen LogP contribution in [0.2, 0.25) is 0 Å². The third-order valence-corrected chi connectivity index (χ3v) is 5.42. The van der Waals surface area contributed by atoms with Crippen molar-refractivity contribution in [2.45, 2.75) is 26.4 Å². The Hall–Kier alpha value is -3.92. The summed E-state index contributed by atoms with van der Waals surface area (Å²) in [6.45, 7) is 5.61. The van der Waals surface area contributed by atoms with Gasteiger partial charge in [0, 0.05) is 28.9 Å². The second-order valence-corrected chi connectivity index (χ2v) is 8.87. The summed E-state index contributed by atoms with van der Waals surface area (Å²) >= 11 is 0. The van der Waals surface area contributed by atoms with Crippen LogP contribution in [-0.4, -0.2) is 21.2 Å². The number of benzene rings is 3. The van der Waals surface area contributed by atoms with Crippen molar-refractivity contribution in [1.29, 1.82) is 0 Å². The summed E-state index contributed by atoms with van der Waals surface area (Å²) in [4.78, 5) is 17.5. The molecule has 0 amide bonds. The zero-order valence-corrected chi connectivity index (χ0v) is 18.4. The molecule has 3 aromatic carbocycles. The Balaban J connectivity index is 1.74. The molecule has 0 saturated carbocycles. The SMILES string of the molecule is CC(C)(C)OC(=O)n1cccc1-c1cc(-c2cccc3ccccc23)c2ncccc2c1. The summed E-state index contributed by atoms with van der Waals surface area (Å²) in [5.41, 5.74) is 4.23. The van der Waals surface area contributed by atoms with Gasteiger partial charge in [-0.05, 0) is 67.4 Å². The van der Waals surface area contributed by atoms with Crippen molar-refractivity contribution in [3.8, 4) is 22.4 Å². The predicted octanol–water partition coefficient (Wildman–Crippen LogP) is 7.31. The Morgan fingerprint density at radius 3 is 2.47 bits per heavy atom. The van der Waals surface area contributed by atoms with Crippen molar-refractivity contribution < 1.29 is 9.53 Å². The fraction of sp³-hybridized carbons (Fsp3) is 0.143. The number of rotatable bonds is 2. The van der Waals surface area contributed by atoms with Crippen molar-refractivity contribution in [2.75, 3.05) is 0 Å². The standard InChI is InChI=1S/C28H24N2O2/c1-28(2,3)32-27(31)30-16-8-14-25(30)21-17-20-11-7-15-29-26(20)24(18-21)23-13-6-10-19-9-4-5-12-22(19)23/h4-18H,1-3H3. The minimum atomic E-state index is -0.569. The van der Waals surface area contributed by atoms with Crippen molar-refractivity contribution in [3.63, 3.8) is 0 Å². The number of ether oxygens (including phenoxy) is 1. The van der Waals surface area contributed by atoms with E-state index in [-0.39, 0.29) is 0 Å². The summed E-state index contributed by atoms with van der Waals surface area (Å²) in [7, 11) is 0. The van der Waals surface area contributed by atoms with Gasteiger partial charge in [-0.3, -0.25) is 9.55 Å². The lowest BCUT2D eigenvalue weighted by atomic mass is 9.94. The summed E-state index contributed by atoms with van der Waals surface area (Å²) in [6.07, 6.45) is 3.17. The third-order valence-electron chi connectivity index (χ3n) is 5.42. The van der Waals surface area contributed by atoms with Gasteiger partial charge in [0.25, 0.3) is 0 Å². The zero-order chi connectivity index (χ0) is 22.3. The van der Waals surface area contributed by atoms with E-state index in [1.54, 1.807) is 10.8 Å². The van der Waals surface area contributed by atoms with E-state index in [9.17, 15) is 4.79 Å². The highest BCUT2D eigenvalue weighted by Gasteiger charge is 2.21. The summed E-state index contributed by atoms with van der Waals surface area (Å²) in [5.74, 6) is 0. The van der Waals surface area contributed by atoms with Crippen LogP contribution in [0.1, 0.15) is 20.8 Å². The molecule has 2 heterocycles. The molecule has 4 nitrogen and oxygen atoms in total. The molecule has 2 aromatic heterocycles. The van der Waals surface area contributed by atoms with Crippen LogP contribution in [0.4, 0.5) is 4.79 Å². The van der Waals surface area contributed by atoms with Crippen LogP contribution in [0.3, 0.4) is 0 Å². The van der Waals surface area contributed by atoms with Gasteiger partial charge < -0.3 is 4.74 Å². The average molecular weight is 421 g/mol. The summed E-state index contributed by atoms with van der Waals surface area (Å²) in [6, 6.07) is 26.7. The van der Waals surface area contributed by atoms with Gasteiger partial charge in [-0.1, -0.05) is 48.5 Å². The molecule has 5 rings (SSSR count). The first-order valence-electron chi connectivity index (χ1n) is 10.7. The Morgan fingerprint density at radius 2 is 1.62 bits per heavy atom. The first kappa shape index (κ1) is 20.0. The van der Waals surface area contributed by atoms with Gasteiger partial charge in [-0.15, -0.1) is 0 Å². The predicted molar refractivity (Wildman–Crippen MR) is 130 cm³/mol. The van der Waals surface area contributed by atoms with Crippen LogP contribution >= 0.6 is 0 Å². The van der Waals surface area contributed by atoms with Crippen molar-refractivity contribution in [3.05, 3.63) is 91.3 Å². The zero-order valence-electron chi connectivity index (χ0n) is 18.4. The number of pyridine rings is 1. The lowest BCUT2D eigenvalue weighted by Gasteiger charge is -2.20. The number of nitrogens with zero attached hydrogens (tertiary/aromatic N) is 2. The largest absolute Gasteiger partial charge is 0.443 e. The summed E-state index contributed by atoms with van der Waals surface area (Å²) in [5, 5.41) is 3.36. The smallest absolute Gasteiger partial charge is 0.418 e. The molecule has 0 N–H and O–H groups in total. The molecule has 32 heavy (non-hydrogen) atoms. The van der Waals surface area contributed by atoms with Crippen LogP contribution in [-0.2, 0) is 4.74 Å². The number of aromatic nitrogens is 2. The Kier molecular flexibility index (Phi) is 4.78. The lowest BCUT2D eigenvalue weighted by Crippen LogP contribution is -2.27. The molecule has 0 unspecified atom stereocenters. The second kappa shape index (κ2) is 7.65. The van der Waals surface area contributed by atoms with E-state index in [1.165, 1.54) is 10.8 Å². The maximum Gasteiger partial charge on any atom is 0.418 e. The highest BCUT2D eigenvalue weighted by atomic mass is 16.6. The summed E-state index contributed by atoms with van der Waals surface area (Å²) < 4.78 is 7.18. The molecule has 158 valence electrons. The molecule has 0 spiro atoms. The van der Waals surface area contributed by atoms with Crippen LogP contribution in [0.25, 0.3) is 44.1 Å². The monoisotopic (exact) mass is 420 g/mol. The van der Waals surface area contributed by atoms with Crippen LogP contribution in [0.5, 0.6) is 0 Å². The van der Waals surface area contributed by atoms with E-state index >= 15 is 0 Å². The number of carbonyl (C=O) groups is 1. The molecule has 0 atom stereocenters. The number of carbonyl (C=O) groups excluding carboxylic acids is 1. The van der Waals surface area contributed by atoms with Crippen LogP contribution in [0.15, 0.2) is 91.3 Å². The quantitative estimate of drug-likeness (QED) is 0.301. The lowest BCUT2D eigenvalue weighted by molar-refractivity contribution is 0.0540. The Morgan fingerprint density at radius 1 is 0.844 bits per heavy atom. The van der Waals surface area contributed by atoms with E-state index in [0.717, 1.165) is 33.3 Å². The Bertz CT molecular complexity index is 1450. The maximum absolute atomic E-state index is 12.8. The van der Waals surface area contributed by atoms with Crippen molar-refractivity contribution in [1.82, 2.24) is 9.55 Å². The molecule has 0 bridgehead atoms. The molecule has 0 saturated heterocycles. The van der Waals surface area contributed by atoms with E-state index in [1.807, 2.05) is 51.2 Å². The minimum absolute atomic E-state index is 0.393. The molecular formula is C28H24N2O2. The normalized spacial score (nSPS) is 11.7. The van der Waals surface area contributed by atoms with Gasteiger partial charge in [-0.2, -0.15) is 0 Å². The van der Waals surface area contributed by atoms with E-state index < -0.39 is 11.7 Å². The highest BCUT2D eigenvalue weighted by molar-refractivity contribution is 6.05. The van der Waals surface area contributed by atoms with Crippen molar-refractivity contribution >= 4 is 27.8 Å². The molecule has 0 aliphatic heterocycles. The van der Waals surface area contributed by atoms with Gasteiger partial charge in [0.1, 0.15) is 5.60 Å². The topological polar surface area (TPSA) is 44.1 Å². The molecule has 4 heteroatoms. The fourth-order valence-corrected chi connectivity index (χ4v) is 4.09. The van der Waals surface area contributed by atoms with E-state index in [2.05, 4.69) is 54.6 Å². The Labute approximate surface area is 187 Å². The third kappa shape index (κ3) is 3.65. The molecule has 0 radical (unpaired) electrons. The molecule has 5 aromatic rings.